The molecule has 0 saturated heterocycles. The summed E-state index contributed by atoms with van der Waals surface area (Å²) in [7, 11) is 0. The number of Topliss-reactive ketones (excluding diaryl/α,β-unsaturated/α-hetero) is 1. The molecule has 2 heterocycles. The van der Waals surface area contributed by atoms with Gasteiger partial charge in [-0.1, -0.05) is 12.1 Å². The van der Waals surface area contributed by atoms with Crippen molar-refractivity contribution in [1.82, 2.24) is 20.5 Å². The van der Waals surface area contributed by atoms with Crippen LogP contribution in [0.25, 0.3) is 10.9 Å². The van der Waals surface area contributed by atoms with Crippen LogP contribution in [-0.2, 0) is 23.8 Å². The first-order valence-electron chi connectivity index (χ1n) is 9.78. The van der Waals surface area contributed by atoms with Gasteiger partial charge in [-0.3, -0.25) is 19.7 Å². The number of fused-ring (bicyclic) bond motifs is 1. The molecular formula is C21H16F6N4O2. The summed E-state index contributed by atoms with van der Waals surface area (Å²) in [5.41, 5.74) is -2.56. The van der Waals surface area contributed by atoms with Gasteiger partial charge in [0, 0.05) is 24.4 Å². The summed E-state index contributed by atoms with van der Waals surface area (Å²) < 4.78 is 77.9. The van der Waals surface area contributed by atoms with Crippen LogP contribution in [0.2, 0.25) is 0 Å². The lowest BCUT2D eigenvalue weighted by Crippen LogP contribution is -2.48. The average Bonchev–Trinajstić information content (AvgIpc) is 3.37. The van der Waals surface area contributed by atoms with Crippen LogP contribution in [0.5, 0.6) is 0 Å². The number of benzene rings is 1. The molecule has 174 valence electrons. The van der Waals surface area contributed by atoms with E-state index in [1.807, 2.05) is 10.4 Å². The number of amides is 1. The highest BCUT2D eigenvalue weighted by Crippen LogP contribution is 2.49. The van der Waals surface area contributed by atoms with Crippen molar-refractivity contribution in [1.29, 1.82) is 0 Å². The molecule has 1 fully saturated rings. The van der Waals surface area contributed by atoms with Gasteiger partial charge in [0.1, 0.15) is 22.7 Å². The summed E-state index contributed by atoms with van der Waals surface area (Å²) in [6.45, 7) is 0. The molecule has 0 radical (unpaired) electrons. The Bertz CT molecular complexity index is 1230. The summed E-state index contributed by atoms with van der Waals surface area (Å²) in [4.78, 5) is 28.5. The fraction of sp³-hybridized carbons (Fsp3) is 0.333. The zero-order valence-corrected chi connectivity index (χ0v) is 16.8. The molecule has 0 aliphatic heterocycles. The molecule has 2 N–H and O–H groups in total. The van der Waals surface area contributed by atoms with Gasteiger partial charge in [0.25, 0.3) is 5.91 Å². The Hall–Kier alpha value is -3.44. The largest absolute Gasteiger partial charge is 0.433 e. The zero-order valence-electron chi connectivity index (χ0n) is 16.8. The molecule has 0 atom stereocenters. The number of nitrogens with one attached hydrogen (secondary N) is 2. The van der Waals surface area contributed by atoms with E-state index in [0.29, 0.717) is 11.1 Å². The molecule has 2 aromatic heterocycles. The summed E-state index contributed by atoms with van der Waals surface area (Å²) in [6.07, 6.45) is -8.58. The summed E-state index contributed by atoms with van der Waals surface area (Å²) in [6, 6.07) is 6.69. The Balaban J connectivity index is 1.42. The van der Waals surface area contributed by atoms with E-state index in [4.69, 9.17) is 0 Å². The van der Waals surface area contributed by atoms with Crippen molar-refractivity contribution in [3.8, 4) is 0 Å². The number of pyridine rings is 1. The molecule has 1 amide bonds. The monoisotopic (exact) mass is 470 g/mol. The Labute approximate surface area is 182 Å². The molecule has 1 aliphatic carbocycles. The van der Waals surface area contributed by atoms with Crippen molar-refractivity contribution in [2.24, 2.45) is 0 Å². The molecule has 0 unspecified atom stereocenters. The second-order valence-electron chi connectivity index (χ2n) is 7.92. The highest BCUT2D eigenvalue weighted by molar-refractivity contribution is 5.94. The number of H-pyrrole nitrogens is 1. The van der Waals surface area contributed by atoms with Gasteiger partial charge in [0.15, 0.2) is 0 Å². The lowest BCUT2D eigenvalue weighted by atomic mass is 10.0. The van der Waals surface area contributed by atoms with Gasteiger partial charge in [-0.15, -0.1) is 0 Å². The molecule has 1 aromatic carbocycles. The van der Waals surface area contributed by atoms with Gasteiger partial charge in [-0.2, -0.15) is 31.4 Å². The van der Waals surface area contributed by atoms with Crippen molar-refractivity contribution < 1.29 is 35.9 Å². The molecule has 12 heteroatoms. The third kappa shape index (κ3) is 4.69. The molecule has 0 bridgehead atoms. The minimum Gasteiger partial charge on any atom is -0.336 e. The Morgan fingerprint density at radius 1 is 1.00 bits per heavy atom. The molecule has 1 aliphatic rings. The van der Waals surface area contributed by atoms with E-state index in [-0.39, 0.29) is 48.1 Å². The van der Waals surface area contributed by atoms with E-state index in [1.54, 1.807) is 0 Å². The van der Waals surface area contributed by atoms with E-state index in [0.717, 1.165) is 0 Å². The van der Waals surface area contributed by atoms with Crippen molar-refractivity contribution in [3.63, 3.8) is 0 Å². The SMILES string of the molecule is O=C(Cc1ccnc(C(=O)NC2(C(F)(F)F)CC2)c1)Cc1ccc2c(C(F)(F)F)[nH]nc2c1. The van der Waals surface area contributed by atoms with Crippen LogP contribution < -0.4 is 5.32 Å². The number of aromatic nitrogens is 3. The van der Waals surface area contributed by atoms with Crippen LogP contribution in [0.4, 0.5) is 26.3 Å². The second kappa shape index (κ2) is 7.85. The smallest absolute Gasteiger partial charge is 0.336 e. The van der Waals surface area contributed by atoms with E-state index < -0.39 is 29.5 Å². The molecule has 0 spiro atoms. The fourth-order valence-electron chi connectivity index (χ4n) is 3.50. The number of carbonyl (C=O) groups is 2. The van der Waals surface area contributed by atoms with Crippen molar-refractivity contribution in [2.75, 3.05) is 0 Å². The predicted molar refractivity (Wildman–Crippen MR) is 103 cm³/mol. The Morgan fingerprint density at radius 3 is 2.27 bits per heavy atom. The molecule has 3 aromatic rings. The number of hydrogen-bond acceptors (Lipinski definition) is 4. The van der Waals surface area contributed by atoms with Crippen molar-refractivity contribution >= 4 is 22.6 Å². The minimum absolute atomic E-state index is 0.0640. The maximum atomic E-state index is 13.0. The quantitative estimate of drug-likeness (QED) is 0.530. The normalized spacial score (nSPS) is 15.5. The van der Waals surface area contributed by atoms with Gasteiger partial charge in [0.2, 0.25) is 0 Å². The summed E-state index contributed by atoms with van der Waals surface area (Å²) in [5, 5.41) is 7.43. The first-order chi connectivity index (χ1) is 15.4. The summed E-state index contributed by atoms with van der Waals surface area (Å²) >= 11 is 0. The number of hydrogen-bond donors (Lipinski definition) is 2. The van der Waals surface area contributed by atoms with E-state index >= 15 is 0 Å². The zero-order chi connectivity index (χ0) is 24.0. The third-order valence-corrected chi connectivity index (χ3v) is 5.41. The number of ketones is 1. The lowest BCUT2D eigenvalue weighted by Gasteiger charge is -2.20. The average molecular weight is 470 g/mol. The van der Waals surface area contributed by atoms with Gasteiger partial charge in [0.05, 0.1) is 5.52 Å². The van der Waals surface area contributed by atoms with Crippen LogP contribution in [-0.4, -0.2) is 38.6 Å². The second-order valence-corrected chi connectivity index (χ2v) is 7.92. The molecular weight excluding hydrogens is 454 g/mol. The minimum atomic E-state index is -4.59. The first kappa shape index (κ1) is 22.7. The highest BCUT2D eigenvalue weighted by Gasteiger charge is 2.64. The van der Waals surface area contributed by atoms with Gasteiger partial charge >= 0.3 is 12.4 Å². The van der Waals surface area contributed by atoms with Crippen LogP contribution >= 0.6 is 0 Å². The molecule has 6 nitrogen and oxygen atoms in total. The van der Waals surface area contributed by atoms with Crippen LogP contribution in [0.15, 0.2) is 36.5 Å². The van der Waals surface area contributed by atoms with Crippen molar-refractivity contribution in [3.05, 3.63) is 59.0 Å². The number of alkyl halides is 6. The number of rotatable bonds is 6. The van der Waals surface area contributed by atoms with Gasteiger partial charge in [-0.05, 0) is 42.2 Å². The van der Waals surface area contributed by atoms with Crippen LogP contribution in [0, 0.1) is 0 Å². The number of nitrogens with zero attached hydrogens (tertiary/aromatic N) is 2. The number of aromatic amines is 1. The van der Waals surface area contributed by atoms with Gasteiger partial charge < -0.3 is 5.32 Å². The first-order valence-corrected chi connectivity index (χ1v) is 9.78. The Morgan fingerprint density at radius 2 is 1.67 bits per heavy atom. The van der Waals surface area contributed by atoms with Crippen LogP contribution in [0.1, 0.15) is 40.2 Å². The molecule has 1 saturated carbocycles. The lowest BCUT2D eigenvalue weighted by molar-refractivity contribution is -0.163. The topological polar surface area (TPSA) is 87.7 Å². The van der Waals surface area contributed by atoms with Crippen molar-refractivity contribution in [2.45, 2.75) is 43.6 Å². The third-order valence-electron chi connectivity index (χ3n) is 5.41. The number of carbonyl (C=O) groups excluding carboxylic acids is 2. The Kier molecular flexibility index (Phi) is 5.41. The number of halogens is 6. The maximum absolute atomic E-state index is 13.0. The van der Waals surface area contributed by atoms with E-state index in [1.165, 1.54) is 36.5 Å². The molecule has 33 heavy (non-hydrogen) atoms. The predicted octanol–water partition coefficient (Wildman–Crippen LogP) is 4.16. The molecule has 4 rings (SSSR count). The van der Waals surface area contributed by atoms with Crippen LogP contribution in [0.3, 0.4) is 0 Å². The fourth-order valence-corrected chi connectivity index (χ4v) is 3.50. The van der Waals surface area contributed by atoms with E-state index in [2.05, 4.69) is 10.1 Å². The maximum Gasteiger partial charge on any atom is 0.433 e. The van der Waals surface area contributed by atoms with E-state index in [9.17, 15) is 35.9 Å². The summed E-state index contributed by atoms with van der Waals surface area (Å²) in [5.74, 6) is -1.30. The van der Waals surface area contributed by atoms with Gasteiger partial charge in [-0.25, -0.2) is 0 Å². The standard InChI is InChI=1S/C21H16F6N4O2/c22-20(23,24)17-14-2-1-11(9-15(14)30-31-17)7-13(32)8-12-3-6-28-16(10-12)18(33)29-19(4-5-19)21(25,26)27/h1-3,6,9-10H,4-5,7-8H2,(H,29,33)(H,30,31). The highest BCUT2D eigenvalue weighted by atomic mass is 19.4.